The summed E-state index contributed by atoms with van der Waals surface area (Å²) in [5, 5.41) is 3.60. The summed E-state index contributed by atoms with van der Waals surface area (Å²) in [5.41, 5.74) is 4.72. The van der Waals surface area contributed by atoms with Crippen molar-refractivity contribution in [3.05, 3.63) is 120 Å². The molecule has 0 aromatic heterocycles. The quantitative estimate of drug-likeness (QED) is 0.396. The molecular weight excluding hydrogens is 428 g/mol. The van der Waals surface area contributed by atoms with E-state index < -0.39 is 15.4 Å². The predicted octanol–water partition coefficient (Wildman–Crippen LogP) is 6.29. The standard InChI is InChI=1S/C28H24N2O2S/c1-20-13-15-23(16-14-20)33(31,32)24-17-18-26-25(19-24)27(29-22-11-7-4-8-12-22)28(2,30-26)21-9-5-3-6-10-21/h3-19,30H,1-2H3. The highest BCUT2D eigenvalue weighted by molar-refractivity contribution is 7.91. The molecular formula is C28H24N2O2S. The Balaban J connectivity index is 1.68. The van der Waals surface area contributed by atoms with E-state index in [2.05, 4.69) is 24.4 Å². The highest BCUT2D eigenvalue weighted by Gasteiger charge is 2.41. The van der Waals surface area contributed by atoms with Crippen molar-refractivity contribution in [1.82, 2.24) is 0 Å². The van der Waals surface area contributed by atoms with E-state index in [1.165, 1.54) is 0 Å². The summed E-state index contributed by atoms with van der Waals surface area (Å²) in [5.74, 6) is 0. The van der Waals surface area contributed by atoms with Gasteiger partial charge in [-0.05, 0) is 61.9 Å². The molecule has 1 unspecified atom stereocenters. The molecule has 5 rings (SSSR count). The molecule has 1 N–H and O–H groups in total. The molecule has 4 aromatic rings. The Morgan fingerprint density at radius 1 is 0.758 bits per heavy atom. The van der Waals surface area contributed by atoms with Crippen molar-refractivity contribution in [2.45, 2.75) is 29.2 Å². The van der Waals surface area contributed by atoms with Gasteiger partial charge in [-0.15, -0.1) is 0 Å². The first-order valence-corrected chi connectivity index (χ1v) is 12.3. The van der Waals surface area contributed by atoms with Crippen LogP contribution in [0.5, 0.6) is 0 Å². The average Bonchev–Trinajstić information content (AvgIpc) is 3.12. The van der Waals surface area contributed by atoms with Crippen LogP contribution in [-0.4, -0.2) is 14.1 Å². The van der Waals surface area contributed by atoms with Crippen LogP contribution >= 0.6 is 0 Å². The number of hydrogen-bond donors (Lipinski definition) is 1. The zero-order valence-electron chi connectivity index (χ0n) is 18.5. The van der Waals surface area contributed by atoms with E-state index >= 15 is 0 Å². The van der Waals surface area contributed by atoms with Crippen molar-refractivity contribution in [1.29, 1.82) is 0 Å². The number of hydrogen-bond acceptors (Lipinski definition) is 4. The molecule has 1 heterocycles. The number of anilines is 1. The third kappa shape index (κ3) is 3.74. The molecule has 4 aromatic carbocycles. The second-order valence-electron chi connectivity index (χ2n) is 8.44. The van der Waals surface area contributed by atoms with Gasteiger partial charge in [-0.1, -0.05) is 66.2 Å². The fraction of sp³-hybridized carbons (Fsp3) is 0.107. The molecule has 164 valence electrons. The van der Waals surface area contributed by atoms with E-state index in [1.807, 2.05) is 73.7 Å². The topological polar surface area (TPSA) is 58.5 Å². The average molecular weight is 453 g/mol. The van der Waals surface area contributed by atoms with Crippen LogP contribution in [0, 0.1) is 6.92 Å². The lowest BCUT2D eigenvalue weighted by molar-refractivity contribution is 0.596. The number of rotatable bonds is 4. The predicted molar refractivity (Wildman–Crippen MR) is 133 cm³/mol. The van der Waals surface area contributed by atoms with Crippen LogP contribution in [0.25, 0.3) is 0 Å². The lowest BCUT2D eigenvalue weighted by Gasteiger charge is -2.27. The first-order chi connectivity index (χ1) is 15.9. The molecule has 1 atom stereocenters. The van der Waals surface area contributed by atoms with Gasteiger partial charge in [0.25, 0.3) is 0 Å². The van der Waals surface area contributed by atoms with Crippen LogP contribution in [0.15, 0.2) is 118 Å². The van der Waals surface area contributed by atoms with Crippen molar-refractivity contribution in [2.24, 2.45) is 4.99 Å². The molecule has 0 aliphatic carbocycles. The van der Waals surface area contributed by atoms with Gasteiger partial charge in [0.05, 0.1) is 21.2 Å². The van der Waals surface area contributed by atoms with Gasteiger partial charge in [0.15, 0.2) is 0 Å². The zero-order chi connectivity index (χ0) is 23.1. The molecule has 0 amide bonds. The van der Waals surface area contributed by atoms with Gasteiger partial charge in [-0.3, -0.25) is 0 Å². The Morgan fingerprint density at radius 2 is 1.36 bits per heavy atom. The van der Waals surface area contributed by atoms with Crippen LogP contribution < -0.4 is 5.32 Å². The second kappa shape index (κ2) is 8.01. The third-order valence-corrected chi connectivity index (χ3v) is 7.86. The maximum atomic E-state index is 13.4. The Hall–Kier alpha value is -3.70. The van der Waals surface area contributed by atoms with Crippen molar-refractivity contribution < 1.29 is 8.42 Å². The van der Waals surface area contributed by atoms with Crippen molar-refractivity contribution in [2.75, 3.05) is 5.32 Å². The molecule has 1 aliphatic heterocycles. The van der Waals surface area contributed by atoms with Gasteiger partial charge in [-0.2, -0.15) is 0 Å². The van der Waals surface area contributed by atoms with Crippen LogP contribution in [0.1, 0.15) is 23.6 Å². The largest absolute Gasteiger partial charge is 0.370 e. The first-order valence-electron chi connectivity index (χ1n) is 10.8. The second-order valence-corrected chi connectivity index (χ2v) is 10.4. The van der Waals surface area contributed by atoms with Crippen LogP contribution in [0.4, 0.5) is 11.4 Å². The number of nitrogens with zero attached hydrogens (tertiary/aromatic N) is 1. The number of nitrogens with one attached hydrogen (secondary N) is 1. The van der Waals surface area contributed by atoms with Gasteiger partial charge in [0.2, 0.25) is 9.84 Å². The summed E-state index contributed by atoms with van der Waals surface area (Å²) in [6.45, 7) is 4.02. The van der Waals surface area contributed by atoms with E-state index in [9.17, 15) is 8.42 Å². The number of aliphatic imine (C=N–C) groups is 1. The maximum Gasteiger partial charge on any atom is 0.206 e. The molecule has 5 heteroatoms. The molecule has 0 saturated heterocycles. The number of para-hydroxylation sites is 1. The molecule has 33 heavy (non-hydrogen) atoms. The summed E-state index contributed by atoms with van der Waals surface area (Å²) in [6.07, 6.45) is 0. The van der Waals surface area contributed by atoms with E-state index in [1.54, 1.807) is 24.3 Å². The van der Waals surface area contributed by atoms with Crippen LogP contribution in [0.3, 0.4) is 0 Å². The van der Waals surface area contributed by atoms with Crippen molar-refractivity contribution >= 4 is 26.9 Å². The molecule has 0 saturated carbocycles. The summed E-state index contributed by atoms with van der Waals surface area (Å²) in [6, 6.07) is 32.0. The maximum absolute atomic E-state index is 13.4. The summed E-state index contributed by atoms with van der Waals surface area (Å²) in [7, 11) is -3.66. The fourth-order valence-electron chi connectivity index (χ4n) is 4.23. The first kappa shape index (κ1) is 21.2. The molecule has 1 aliphatic rings. The van der Waals surface area contributed by atoms with Gasteiger partial charge in [0.1, 0.15) is 5.54 Å². The highest BCUT2D eigenvalue weighted by Crippen LogP contribution is 2.42. The lowest BCUT2D eigenvalue weighted by atomic mass is 9.87. The van der Waals surface area contributed by atoms with Crippen molar-refractivity contribution in [3.8, 4) is 0 Å². The molecule has 0 radical (unpaired) electrons. The Labute approximate surface area is 194 Å². The highest BCUT2D eigenvalue weighted by atomic mass is 32.2. The van der Waals surface area contributed by atoms with E-state index in [4.69, 9.17) is 4.99 Å². The van der Waals surface area contributed by atoms with Gasteiger partial charge in [-0.25, -0.2) is 13.4 Å². The normalized spacial score (nSPS) is 18.7. The van der Waals surface area contributed by atoms with Gasteiger partial charge in [0, 0.05) is 11.3 Å². The van der Waals surface area contributed by atoms with Crippen molar-refractivity contribution in [3.63, 3.8) is 0 Å². The molecule has 0 bridgehead atoms. The number of fused-ring (bicyclic) bond motifs is 1. The number of benzene rings is 4. The lowest BCUT2D eigenvalue weighted by Crippen LogP contribution is -2.35. The van der Waals surface area contributed by atoms with Crippen LogP contribution in [0.2, 0.25) is 0 Å². The van der Waals surface area contributed by atoms with E-state index in [0.717, 1.165) is 33.8 Å². The van der Waals surface area contributed by atoms with Gasteiger partial charge < -0.3 is 5.32 Å². The number of sulfone groups is 1. The Bertz CT molecular complexity index is 1450. The van der Waals surface area contributed by atoms with Crippen LogP contribution in [-0.2, 0) is 15.4 Å². The fourth-order valence-corrected chi connectivity index (χ4v) is 5.52. The minimum atomic E-state index is -3.66. The summed E-state index contributed by atoms with van der Waals surface area (Å²) >= 11 is 0. The third-order valence-electron chi connectivity index (χ3n) is 6.09. The summed E-state index contributed by atoms with van der Waals surface area (Å²) < 4.78 is 26.8. The zero-order valence-corrected chi connectivity index (χ0v) is 19.3. The number of aryl methyl sites for hydroxylation is 1. The monoisotopic (exact) mass is 452 g/mol. The summed E-state index contributed by atoms with van der Waals surface area (Å²) in [4.78, 5) is 5.53. The minimum Gasteiger partial charge on any atom is -0.370 e. The minimum absolute atomic E-state index is 0.255. The Kier molecular flexibility index (Phi) is 5.14. The van der Waals surface area contributed by atoms with E-state index in [-0.39, 0.29) is 9.79 Å². The van der Waals surface area contributed by atoms with E-state index in [0.29, 0.717) is 0 Å². The molecule has 0 fully saturated rings. The molecule has 4 nitrogen and oxygen atoms in total. The SMILES string of the molecule is Cc1ccc(S(=O)(=O)c2ccc3c(c2)C(=Nc2ccccc2)C(C)(c2ccccc2)N3)cc1. The van der Waals surface area contributed by atoms with Gasteiger partial charge >= 0.3 is 0 Å². The Morgan fingerprint density at radius 3 is 2.03 bits per heavy atom. The smallest absolute Gasteiger partial charge is 0.206 e. The molecule has 0 spiro atoms.